The summed E-state index contributed by atoms with van der Waals surface area (Å²) in [6, 6.07) is 10.0. The lowest BCUT2D eigenvalue weighted by Gasteiger charge is -2.01. The van der Waals surface area contributed by atoms with Gasteiger partial charge in [0.15, 0.2) is 5.13 Å². The zero-order valence-electron chi connectivity index (χ0n) is 15.2. The van der Waals surface area contributed by atoms with Crippen molar-refractivity contribution in [3.8, 4) is 22.6 Å². The Bertz CT molecular complexity index is 1110. The second-order valence-electron chi connectivity index (χ2n) is 6.17. The molecule has 0 atom stereocenters. The predicted molar refractivity (Wildman–Crippen MR) is 107 cm³/mol. The summed E-state index contributed by atoms with van der Waals surface area (Å²) in [4.78, 5) is 24.8. The van der Waals surface area contributed by atoms with Crippen LogP contribution in [0.2, 0.25) is 0 Å². The monoisotopic (exact) mass is 409 g/mol. The molecule has 0 unspecified atom stereocenters. The quantitative estimate of drug-likeness (QED) is 0.488. The molecular weight excluding hydrogens is 393 g/mol. The van der Waals surface area contributed by atoms with Gasteiger partial charge in [0.05, 0.1) is 5.69 Å². The van der Waals surface area contributed by atoms with Gasteiger partial charge in [-0.15, -0.1) is 11.3 Å². The lowest BCUT2D eigenvalue weighted by Crippen LogP contribution is -2.11. The number of thiazole rings is 1. The Balaban J connectivity index is 1.28. The summed E-state index contributed by atoms with van der Waals surface area (Å²) < 4.78 is 19.1. The van der Waals surface area contributed by atoms with Crippen LogP contribution >= 0.6 is 11.3 Å². The minimum Gasteiger partial charge on any atom is -0.339 e. The number of amides is 1. The van der Waals surface area contributed by atoms with Crippen LogP contribution in [0.25, 0.3) is 22.6 Å². The zero-order valence-corrected chi connectivity index (χ0v) is 16.0. The van der Waals surface area contributed by atoms with Crippen molar-refractivity contribution < 1.29 is 13.7 Å². The van der Waals surface area contributed by atoms with E-state index in [-0.39, 0.29) is 18.1 Å². The first kappa shape index (κ1) is 18.9. The molecular formula is C20H16FN5O2S. The third-order valence-electron chi connectivity index (χ3n) is 4.08. The Labute approximate surface area is 169 Å². The molecule has 0 aliphatic rings. The van der Waals surface area contributed by atoms with E-state index in [0.717, 1.165) is 5.56 Å². The van der Waals surface area contributed by atoms with Gasteiger partial charge in [-0.2, -0.15) is 4.98 Å². The van der Waals surface area contributed by atoms with Crippen molar-refractivity contribution in [1.82, 2.24) is 20.1 Å². The lowest BCUT2D eigenvalue weighted by molar-refractivity contribution is -0.116. The molecule has 0 fully saturated rings. The molecule has 0 spiro atoms. The van der Waals surface area contributed by atoms with Gasteiger partial charge < -0.3 is 9.84 Å². The van der Waals surface area contributed by atoms with Crippen molar-refractivity contribution in [3.63, 3.8) is 0 Å². The second kappa shape index (κ2) is 8.70. The van der Waals surface area contributed by atoms with Crippen LogP contribution in [0.4, 0.5) is 9.52 Å². The summed E-state index contributed by atoms with van der Waals surface area (Å²) in [6.07, 6.45) is 4.64. The molecule has 1 N–H and O–H groups in total. The number of carbonyl (C=O) groups is 1. The van der Waals surface area contributed by atoms with Crippen LogP contribution in [-0.4, -0.2) is 26.0 Å². The highest BCUT2D eigenvalue weighted by atomic mass is 32.1. The van der Waals surface area contributed by atoms with Crippen molar-refractivity contribution in [2.75, 3.05) is 5.32 Å². The molecule has 0 aliphatic heterocycles. The van der Waals surface area contributed by atoms with Gasteiger partial charge in [-0.1, -0.05) is 17.3 Å². The number of hydrogen-bond acceptors (Lipinski definition) is 7. The number of anilines is 1. The third-order valence-corrected chi connectivity index (χ3v) is 4.84. The average molecular weight is 409 g/mol. The molecule has 0 saturated heterocycles. The maximum absolute atomic E-state index is 13.8. The Hall–Kier alpha value is -3.46. The van der Waals surface area contributed by atoms with E-state index in [4.69, 9.17) is 4.52 Å². The van der Waals surface area contributed by atoms with Crippen LogP contribution in [0.1, 0.15) is 18.7 Å². The smallest absolute Gasteiger partial charge is 0.226 e. The zero-order chi connectivity index (χ0) is 20.1. The van der Waals surface area contributed by atoms with E-state index in [1.165, 1.54) is 17.4 Å². The Kier molecular flexibility index (Phi) is 5.66. The van der Waals surface area contributed by atoms with Gasteiger partial charge in [0.25, 0.3) is 0 Å². The first-order valence-corrected chi connectivity index (χ1v) is 9.80. The molecule has 3 aromatic heterocycles. The van der Waals surface area contributed by atoms with Crippen molar-refractivity contribution in [3.05, 3.63) is 65.9 Å². The average Bonchev–Trinajstić information content (AvgIpc) is 3.39. The van der Waals surface area contributed by atoms with E-state index in [0.29, 0.717) is 40.9 Å². The fourth-order valence-electron chi connectivity index (χ4n) is 2.67. The highest BCUT2D eigenvalue weighted by molar-refractivity contribution is 7.14. The molecule has 7 nitrogen and oxygen atoms in total. The number of nitrogens with one attached hydrogen (secondary N) is 1. The molecule has 29 heavy (non-hydrogen) atoms. The lowest BCUT2D eigenvalue weighted by atomic mass is 10.2. The third kappa shape index (κ3) is 4.69. The van der Waals surface area contributed by atoms with E-state index >= 15 is 0 Å². The van der Waals surface area contributed by atoms with Crippen LogP contribution in [0.5, 0.6) is 0 Å². The summed E-state index contributed by atoms with van der Waals surface area (Å²) in [6.45, 7) is 0. The van der Waals surface area contributed by atoms with E-state index in [1.807, 2.05) is 6.07 Å². The fourth-order valence-corrected chi connectivity index (χ4v) is 3.40. The van der Waals surface area contributed by atoms with Crippen molar-refractivity contribution >= 4 is 22.4 Å². The minimum absolute atomic E-state index is 0.175. The summed E-state index contributed by atoms with van der Waals surface area (Å²) in [5.41, 5.74) is 1.68. The number of nitrogens with zero attached hydrogens (tertiary/aromatic N) is 4. The first-order valence-electron chi connectivity index (χ1n) is 8.92. The normalized spacial score (nSPS) is 10.8. The molecule has 3 heterocycles. The van der Waals surface area contributed by atoms with Gasteiger partial charge in [-0.3, -0.25) is 9.78 Å². The van der Waals surface area contributed by atoms with Crippen LogP contribution in [-0.2, 0) is 11.2 Å². The van der Waals surface area contributed by atoms with Gasteiger partial charge in [0.1, 0.15) is 5.82 Å². The number of hydrogen-bond donors (Lipinski definition) is 1. The van der Waals surface area contributed by atoms with E-state index in [2.05, 4.69) is 25.4 Å². The Morgan fingerprint density at radius 1 is 1.17 bits per heavy atom. The summed E-state index contributed by atoms with van der Waals surface area (Å²) in [5.74, 6) is 0.418. The molecule has 0 radical (unpaired) electrons. The number of carbonyl (C=O) groups excluding carboxylic acids is 1. The SMILES string of the molecule is O=C(CCCc1nc(-c2cccnc2)no1)Nc1nc(-c2ccccc2F)cs1. The molecule has 0 aliphatic carbocycles. The fraction of sp³-hybridized carbons (Fsp3) is 0.150. The van der Waals surface area contributed by atoms with Gasteiger partial charge >= 0.3 is 0 Å². The molecule has 0 saturated carbocycles. The van der Waals surface area contributed by atoms with E-state index < -0.39 is 0 Å². The topological polar surface area (TPSA) is 93.8 Å². The van der Waals surface area contributed by atoms with Gasteiger partial charge in [-0.25, -0.2) is 9.37 Å². The number of aromatic nitrogens is 4. The molecule has 4 rings (SSSR count). The van der Waals surface area contributed by atoms with Crippen molar-refractivity contribution in [1.29, 1.82) is 0 Å². The van der Waals surface area contributed by atoms with Crippen LogP contribution in [0.15, 0.2) is 58.7 Å². The molecule has 1 amide bonds. The summed E-state index contributed by atoms with van der Waals surface area (Å²) in [5, 5.41) is 8.81. The van der Waals surface area contributed by atoms with Gasteiger partial charge in [-0.05, 0) is 30.7 Å². The molecule has 146 valence electrons. The molecule has 1 aromatic carbocycles. The second-order valence-corrected chi connectivity index (χ2v) is 7.03. The summed E-state index contributed by atoms with van der Waals surface area (Å²) in [7, 11) is 0. The number of pyridine rings is 1. The number of rotatable bonds is 7. The highest BCUT2D eigenvalue weighted by Gasteiger charge is 2.12. The van der Waals surface area contributed by atoms with Crippen LogP contribution in [0.3, 0.4) is 0 Å². The summed E-state index contributed by atoms with van der Waals surface area (Å²) >= 11 is 1.26. The van der Waals surface area contributed by atoms with Gasteiger partial charge in [0, 0.05) is 41.7 Å². The maximum Gasteiger partial charge on any atom is 0.226 e. The van der Waals surface area contributed by atoms with Crippen LogP contribution in [0, 0.1) is 5.82 Å². The molecule has 0 bridgehead atoms. The van der Waals surface area contributed by atoms with E-state index in [9.17, 15) is 9.18 Å². The first-order chi connectivity index (χ1) is 14.2. The van der Waals surface area contributed by atoms with Crippen LogP contribution < -0.4 is 5.32 Å². The standard InChI is InChI=1S/C20H16FN5O2S/c21-15-7-2-1-6-14(15)16-12-29-20(23-16)24-17(27)8-3-9-18-25-19(26-28-18)13-5-4-10-22-11-13/h1-2,4-7,10-12H,3,8-9H2,(H,23,24,27). The number of halogens is 1. The number of aryl methyl sites for hydroxylation is 1. The Morgan fingerprint density at radius 2 is 2.07 bits per heavy atom. The largest absolute Gasteiger partial charge is 0.339 e. The predicted octanol–water partition coefficient (Wildman–Crippen LogP) is 4.36. The van der Waals surface area contributed by atoms with Crippen molar-refractivity contribution in [2.45, 2.75) is 19.3 Å². The van der Waals surface area contributed by atoms with Crippen molar-refractivity contribution in [2.24, 2.45) is 0 Å². The number of benzene rings is 1. The molecule has 9 heteroatoms. The maximum atomic E-state index is 13.8. The minimum atomic E-state index is -0.346. The van der Waals surface area contributed by atoms with E-state index in [1.54, 1.807) is 42.0 Å². The Morgan fingerprint density at radius 3 is 2.90 bits per heavy atom. The highest BCUT2D eigenvalue weighted by Crippen LogP contribution is 2.27. The molecule has 4 aromatic rings. The van der Waals surface area contributed by atoms with Gasteiger partial charge in [0.2, 0.25) is 17.6 Å².